The van der Waals surface area contributed by atoms with Crippen molar-refractivity contribution in [1.82, 2.24) is 9.03 Å². The molecule has 188 valence electrons. The minimum absolute atomic E-state index is 0.0123. The number of methoxy groups -OCH3 is 1. The number of hydrogen-bond acceptors (Lipinski definition) is 6. The SMILES string of the molecule is COC(=O)CCCN1C=C(C(=O)OCc2ccc(Cl)cc2Cl)C(c2ccc(C)cc2Cl)NS1(=O)=O. The molecule has 0 bridgehead atoms. The van der Waals surface area contributed by atoms with Crippen LogP contribution >= 0.6 is 34.8 Å². The van der Waals surface area contributed by atoms with Crippen molar-refractivity contribution in [2.24, 2.45) is 0 Å². The highest BCUT2D eigenvalue weighted by atomic mass is 35.5. The average molecular weight is 562 g/mol. The smallest absolute Gasteiger partial charge is 0.337 e. The van der Waals surface area contributed by atoms with Crippen LogP contribution < -0.4 is 4.72 Å². The molecule has 8 nitrogen and oxygen atoms in total. The van der Waals surface area contributed by atoms with Crippen LogP contribution in [-0.4, -0.2) is 38.3 Å². The fraction of sp³-hybridized carbons (Fsp3) is 0.304. The van der Waals surface area contributed by atoms with E-state index in [4.69, 9.17) is 39.5 Å². The average Bonchev–Trinajstić information content (AvgIpc) is 2.78. The van der Waals surface area contributed by atoms with E-state index in [9.17, 15) is 18.0 Å². The lowest BCUT2D eigenvalue weighted by Crippen LogP contribution is -2.46. The highest BCUT2D eigenvalue weighted by Crippen LogP contribution is 2.34. The summed E-state index contributed by atoms with van der Waals surface area (Å²) in [6.45, 7) is 1.62. The lowest BCUT2D eigenvalue weighted by atomic mass is 9.99. The number of benzene rings is 2. The van der Waals surface area contributed by atoms with E-state index >= 15 is 0 Å². The van der Waals surface area contributed by atoms with E-state index in [-0.39, 0.29) is 36.6 Å². The molecule has 0 aromatic heterocycles. The molecule has 2 aromatic rings. The molecule has 1 atom stereocenters. The Morgan fingerprint density at radius 3 is 2.49 bits per heavy atom. The maximum Gasteiger partial charge on any atom is 0.337 e. The topological polar surface area (TPSA) is 102 Å². The number of carbonyl (C=O) groups excluding carboxylic acids is 2. The Labute approximate surface area is 218 Å². The molecule has 1 aliphatic rings. The molecule has 0 saturated carbocycles. The summed E-state index contributed by atoms with van der Waals surface area (Å²) in [5.41, 5.74) is 1.81. The van der Waals surface area contributed by atoms with Gasteiger partial charge in [-0.05, 0) is 42.7 Å². The van der Waals surface area contributed by atoms with Gasteiger partial charge in [0.05, 0.1) is 18.7 Å². The van der Waals surface area contributed by atoms with Crippen LogP contribution in [0.3, 0.4) is 0 Å². The van der Waals surface area contributed by atoms with Crippen LogP contribution in [0.1, 0.15) is 35.6 Å². The molecular weight excluding hydrogens is 539 g/mol. The second-order valence-electron chi connectivity index (χ2n) is 7.77. The quantitative estimate of drug-likeness (QED) is 0.468. The van der Waals surface area contributed by atoms with Crippen molar-refractivity contribution < 1.29 is 27.5 Å². The Morgan fingerprint density at radius 2 is 1.83 bits per heavy atom. The molecule has 1 N–H and O–H groups in total. The van der Waals surface area contributed by atoms with Crippen molar-refractivity contribution in [3.8, 4) is 0 Å². The first kappa shape index (κ1) is 27.3. The van der Waals surface area contributed by atoms with Crippen molar-refractivity contribution in [3.63, 3.8) is 0 Å². The molecule has 2 aromatic carbocycles. The van der Waals surface area contributed by atoms with E-state index in [0.717, 1.165) is 9.87 Å². The molecule has 0 fully saturated rings. The molecule has 3 rings (SSSR count). The largest absolute Gasteiger partial charge is 0.469 e. The monoisotopic (exact) mass is 560 g/mol. The molecule has 0 spiro atoms. The van der Waals surface area contributed by atoms with Crippen LogP contribution in [0.15, 0.2) is 48.2 Å². The highest BCUT2D eigenvalue weighted by molar-refractivity contribution is 7.87. The summed E-state index contributed by atoms with van der Waals surface area (Å²) in [4.78, 5) is 24.6. The number of ether oxygens (including phenoxy) is 2. The normalized spacial score (nSPS) is 17.0. The number of carbonyl (C=O) groups is 2. The summed E-state index contributed by atoms with van der Waals surface area (Å²) < 4.78 is 39.4. The van der Waals surface area contributed by atoms with Crippen molar-refractivity contribution >= 4 is 57.0 Å². The summed E-state index contributed by atoms with van der Waals surface area (Å²) in [5, 5.41) is 1.05. The number of nitrogens with zero attached hydrogens (tertiary/aromatic N) is 1. The number of halogens is 3. The van der Waals surface area contributed by atoms with E-state index in [1.165, 1.54) is 19.4 Å². The van der Waals surface area contributed by atoms with Crippen molar-refractivity contribution in [2.45, 2.75) is 32.4 Å². The Morgan fingerprint density at radius 1 is 1.09 bits per heavy atom. The van der Waals surface area contributed by atoms with E-state index < -0.39 is 28.2 Å². The summed E-state index contributed by atoms with van der Waals surface area (Å²) in [6, 6.07) is 8.76. The fourth-order valence-corrected chi connectivity index (χ4v) is 5.49. The Hall–Kier alpha value is -2.30. The van der Waals surface area contributed by atoms with Gasteiger partial charge in [0.15, 0.2) is 0 Å². The number of aryl methyl sites for hydroxylation is 1. The summed E-state index contributed by atoms with van der Waals surface area (Å²) in [7, 11) is -2.80. The Balaban J connectivity index is 1.92. The lowest BCUT2D eigenvalue weighted by molar-refractivity contribution is -0.141. The van der Waals surface area contributed by atoms with Crippen molar-refractivity contribution in [3.05, 3.63) is 79.9 Å². The van der Waals surface area contributed by atoms with E-state index in [1.807, 2.05) is 6.92 Å². The molecule has 1 aliphatic heterocycles. The van der Waals surface area contributed by atoms with Gasteiger partial charge >= 0.3 is 22.1 Å². The van der Waals surface area contributed by atoms with Crippen molar-refractivity contribution in [1.29, 1.82) is 0 Å². The van der Waals surface area contributed by atoms with Gasteiger partial charge in [-0.2, -0.15) is 13.1 Å². The van der Waals surface area contributed by atoms with Gasteiger partial charge in [-0.25, -0.2) is 4.79 Å². The van der Waals surface area contributed by atoms with Crippen LogP contribution in [0.25, 0.3) is 0 Å². The van der Waals surface area contributed by atoms with E-state index in [1.54, 1.807) is 30.3 Å². The van der Waals surface area contributed by atoms with Crippen LogP contribution in [-0.2, 0) is 35.9 Å². The van der Waals surface area contributed by atoms with Gasteiger partial charge in [0.25, 0.3) is 0 Å². The van der Waals surface area contributed by atoms with Crippen LogP contribution in [0.5, 0.6) is 0 Å². The summed E-state index contributed by atoms with van der Waals surface area (Å²) in [6.07, 6.45) is 1.40. The fourth-order valence-electron chi connectivity index (χ4n) is 3.38. The maximum atomic E-state index is 13.2. The minimum atomic E-state index is -4.04. The van der Waals surface area contributed by atoms with E-state index in [0.29, 0.717) is 21.2 Å². The molecule has 1 heterocycles. The van der Waals surface area contributed by atoms with Gasteiger partial charge in [0.1, 0.15) is 6.61 Å². The third-order valence-corrected chi connectivity index (χ3v) is 7.59. The molecule has 0 radical (unpaired) electrons. The predicted molar refractivity (Wildman–Crippen MR) is 133 cm³/mol. The molecule has 0 aliphatic carbocycles. The highest BCUT2D eigenvalue weighted by Gasteiger charge is 2.37. The van der Waals surface area contributed by atoms with Crippen molar-refractivity contribution in [2.75, 3.05) is 13.7 Å². The predicted octanol–water partition coefficient (Wildman–Crippen LogP) is 4.73. The molecule has 0 amide bonds. The zero-order valence-electron chi connectivity index (χ0n) is 18.9. The molecule has 35 heavy (non-hydrogen) atoms. The van der Waals surface area contributed by atoms with Crippen LogP contribution in [0.2, 0.25) is 15.1 Å². The van der Waals surface area contributed by atoms with Gasteiger partial charge in [-0.1, -0.05) is 53.0 Å². The van der Waals surface area contributed by atoms with Gasteiger partial charge in [0, 0.05) is 39.8 Å². The lowest BCUT2D eigenvalue weighted by Gasteiger charge is -2.32. The molecular formula is C23H23Cl3N2O6S. The number of nitrogens with one attached hydrogen (secondary N) is 1. The minimum Gasteiger partial charge on any atom is -0.469 e. The first-order valence-electron chi connectivity index (χ1n) is 10.5. The third-order valence-electron chi connectivity index (χ3n) is 5.23. The Bertz CT molecular complexity index is 1270. The molecule has 1 unspecified atom stereocenters. The number of hydrogen-bond donors (Lipinski definition) is 1. The zero-order chi connectivity index (χ0) is 25.8. The standard InChI is InChI=1S/C23H23Cl3N2O6S/c1-14-5-8-17(20(26)10-14)22-18(23(30)34-13-15-6-7-16(24)11-19(15)25)12-28(35(31,32)27-22)9-3-4-21(29)33-2/h5-8,10-12,22,27H,3-4,9,13H2,1-2H3. The van der Waals surface area contributed by atoms with Gasteiger partial charge < -0.3 is 9.47 Å². The first-order valence-corrected chi connectivity index (χ1v) is 13.0. The Kier molecular flexibility index (Phi) is 9.06. The maximum absolute atomic E-state index is 13.2. The van der Waals surface area contributed by atoms with Gasteiger partial charge in [-0.3, -0.25) is 9.10 Å². The van der Waals surface area contributed by atoms with Gasteiger partial charge in [-0.15, -0.1) is 0 Å². The number of rotatable bonds is 8. The van der Waals surface area contributed by atoms with Gasteiger partial charge in [0.2, 0.25) is 0 Å². The third kappa shape index (κ3) is 6.89. The number of esters is 2. The second-order valence-corrected chi connectivity index (χ2v) is 10.7. The zero-order valence-corrected chi connectivity index (χ0v) is 22.0. The van der Waals surface area contributed by atoms with E-state index in [2.05, 4.69) is 9.46 Å². The first-order chi connectivity index (χ1) is 16.5. The van der Waals surface area contributed by atoms with Crippen LogP contribution in [0.4, 0.5) is 0 Å². The summed E-state index contributed by atoms with van der Waals surface area (Å²) >= 11 is 18.5. The molecule has 12 heteroatoms. The molecule has 0 saturated heterocycles. The van der Waals surface area contributed by atoms with Crippen LogP contribution in [0, 0.1) is 6.92 Å². The second kappa shape index (κ2) is 11.6. The summed E-state index contributed by atoms with van der Waals surface area (Å²) in [5.74, 6) is -1.24.